The van der Waals surface area contributed by atoms with Crippen LogP contribution in [0.15, 0.2) is 51.4 Å². The van der Waals surface area contributed by atoms with Gasteiger partial charge in [-0.1, -0.05) is 35.2 Å². The Labute approximate surface area is 200 Å². The second-order valence-corrected chi connectivity index (χ2v) is 9.82. The minimum atomic E-state index is -0.505. The molecule has 0 atom stereocenters. The van der Waals surface area contributed by atoms with Gasteiger partial charge in [-0.25, -0.2) is 4.79 Å². The SMILES string of the molecule is CCOC(=O)c1c(-c2ccc(C)o2)csc1NC(=O)CSc1nnc2sc3ccccc3n12. The number of aryl methyl sites for hydroxylation is 1. The first-order valence-electron chi connectivity index (χ1n) is 10.1. The van der Waals surface area contributed by atoms with Crippen molar-refractivity contribution in [3.05, 3.63) is 53.1 Å². The molecule has 0 aliphatic rings. The van der Waals surface area contributed by atoms with Gasteiger partial charge in [0.15, 0.2) is 5.16 Å². The third kappa shape index (κ3) is 4.14. The van der Waals surface area contributed by atoms with Crippen LogP contribution in [0.1, 0.15) is 23.0 Å². The molecular formula is C22H18N4O4S3. The summed E-state index contributed by atoms with van der Waals surface area (Å²) in [5.41, 5.74) is 1.90. The van der Waals surface area contributed by atoms with Crippen LogP contribution < -0.4 is 5.32 Å². The Hall–Kier alpha value is -3.15. The molecule has 1 aromatic carbocycles. The molecule has 0 unspecified atom stereocenters. The number of anilines is 1. The second-order valence-electron chi connectivity index (χ2n) is 6.99. The Kier molecular flexibility index (Phi) is 5.92. The van der Waals surface area contributed by atoms with E-state index < -0.39 is 5.97 Å². The highest BCUT2D eigenvalue weighted by molar-refractivity contribution is 7.99. The number of para-hydroxylation sites is 1. The van der Waals surface area contributed by atoms with E-state index in [9.17, 15) is 9.59 Å². The zero-order valence-corrected chi connectivity index (χ0v) is 20.1. The topological polar surface area (TPSA) is 98.7 Å². The molecule has 0 aliphatic carbocycles. The van der Waals surface area contributed by atoms with E-state index in [1.165, 1.54) is 23.1 Å². The number of fused-ring (bicyclic) bond motifs is 3. The molecular weight excluding hydrogens is 480 g/mol. The Morgan fingerprint density at radius 3 is 2.85 bits per heavy atom. The maximum Gasteiger partial charge on any atom is 0.341 e. The number of rotatable bonds is 7. The molecule has 0 radical (unpaired) electrons. The van der Waals surface area contributed by atoms with Gasteiger partial charge in [-0.2, -0.15) is 0 Å². The summed E-state index contributed by atoms with van der Waals surface area (Å²) in [6, 6.07) is 11.6. The fourth-order valence-electron chi connectivity index (χ4n) is 3.36. The summed E-state index contributed by atoms with van der Waals surface area (Å²) in [4.78, 5) is 26.2. The molecule has 5 aromatic rings. The molecule has 168 valence electrons. The number of ether oxygens (including phenoxy) is 1. The molecule has 4 heterocycles. The van der Waals surface area contributed by atoms with Gasteiger partial charge in [0.05, 0.1) is 22.6 Å². The lowest BCUT2D eigenvalue weighted by molar-refractivity contribution is -0.113. The standard InChI is InChI=1S/C22H18N4O4S3/c1-3-29-20(28)18-13(15-9-8-12(2)30-15)10-31-19(18)23-17(27)11-32-21-24-25-22-26(21)14-6-4-5-7-16(14)33-22/h4-10H,3,11H2,1-2H3,(H,23,27). The minimum Gasteiger partial charge on any atom is -0.462 e. The molecule has 0 saturated carbocycles. The van der Waals surface area contributed by atoms with Gasteiger partial charge in [-0.05, 0) is 38.1 Å². The van der Waals surface area contributed by atoms with Crippen molar-refractivity contribution in [1.82, 2.24) is 14.6 Å². The van der Waals surface area contributed by atoms with Gasteiger partial charge in [0, 0.05) is 10.9 Å². The number of nitrogens with zero attached hydrogens (tertiary/aromatic N) is 3. The number of thioether (sulfide) groups is 1. The number of thiazole rings is 1. The number of nitrogens with one attached hydrogen (secondary N) is 1. The Balaban J connectivity index is 1.36. The molecule has 1 amide bonds. The lowest BCUT2D eigenvalue weighted by Gasteiger charge is -2.07. The molecule has 11 heteroatoms. The number of esters is 1. The summed E-state index contributed by atoms with van der Waals surface area (Å²) in [7, 11) is 0. The normalized spacial score (nSPS) is 11.3. The van der Waals surface area contributed by atoms with Crippen molar-refractivity contribution in [1.29, 1.82) is 0 Å². The Bertz CT molecular complexity index is 1480. The summed E-state index contributed by atoms with van der Waals surface area (Å²) in [6.07, 6.45) is 0. The summed E-state index contributed by atoms with van der Waals surface area (Å²) in [6.45, 7) is 3.80. The Morgan fingerprint density at radius 1 is 1.21 bits per heavy atom. The predicted molar refractivity (Wildman–Crippen MR) is 130 cm³/mol. The number of carbonyl (C=O) groups excluding carboxylic acids is 2. The van der Waals surface area contributed by atoms with Gasteiger partial charge >= 0.3 is 5.97 Å². The number of thiophene rings is 1. The van der Waals surface area contributed by atoms with Gasteiger partial charge in [-0.3, -0.25) is 9.20 Å². The number of aromatic nitrogens is 3. The number of carbonyl (C=O) groups is 2. The molecule has 8 nitrogen and oxygen atoms in total. The lowest BCUT2D eigenvalue weighted by Crippen LogP contribution is -2.16. The van der Waals surface area contributed by atoms with Crippen LogP contribution in [0.5, 0.6) is 0 Å². The smallest absolute Gasteiger partial charge is 0.341 e. The maximum atomic E-state index is 12.8. The highest BCUT2D eigenvalue weighted by Gasteiger charge is 2.24. The van der Waals surface area contributed by atoms with Crippen molar-refractivity contribution in [3.8, 4) is 11.3 Å². The zero-order chi connectivity index (χ0) is 22.9. The fourth-order valence-corrected chi connectivity index (χ4v) is 6.08. The maximum absolute atomic E-state index is 12.8. The molecule has 0 spiro atoms. The minimum absolute atomic E-state index is 0.111. The zero-order valence-electron chi connectivity index (χ0n) is 17.7. The van der Waals surface area contributed by atoms with Gasteiger partial charge in [-0.15, -0.1) is 21.5 Å². The van der Waals surface area contributed by atoms with Crippen LogP contribution in [0.4, 0.5) is 5.00 Å². The molecule has 33 heavy (non-hydrogen) atoms. The van der Waals surface area contributed by atoms with E-state index in [0.29, 0.717) is 27.0 Å². The summed E-state index contributed by atoms with van der Waals surface area (Å²) in [5, 5.41) is 14.1. The number of hydrogen-bond acceptors (Lipinski definition) is 9. The first-order chi connectivity index (χ1) is 16.0. The van der Waals surface area contributed by atoms with E-state index in [1.54, 1.807) is 29.7 Å². The van der Waals surface area contributed by atoms with Gasteiger partial charge in [0.25, 0.3) is 0 Å². The average Bonchev–Trinajstić information content (AvgIpc) is 3.56. The molecule has 1 N–H and O–H groups in total. The van der Waals surface area contributed by atoms with Gasteiger partial charge < -0.3 is 14.5 Å². The van der Waals surface area contributed by atoms with E-state index in [1.807, 2.05) is 41.7 Å². The molecule has 5 rings (SSSR count). The van der Waals surface area contributed by atoms with Crippen molar-refractivity contribution in [2.45, 2.75) is 19.0 Å². The highest BCUT2D eigenvalue weighted by atomic mass is 32.2. The molecule has 0 aliphatic heterocycles. The van der Waals surface area contributed by atoms with E-state index in [0.717, 1.165) is 20.9 Å². The summed E-state index contributed by atoms with van der Waals surface area (Å²) in [5.74, 6) is 0.631. The van der Waals surface area contributed by atoms with Crippen molar-refractivity contribution in [2.24, 2.45) is 0 Å². The van der Waals surface area contributed by atoms with Crippen molar-refractivity contribution >= 4 is 66.5 Å². The van der Waals surface area contributed by atoms with Crippen LogP contribution in [-0.4, -0.2) is 38.8 Å². The predicted octanol–water partition coefficient (Wildman–Crippen LogP) is 5.48. The molecule has 0 bridgehead atoms. The Morgan fingerprint density at radius 2 is 2.06 bits per heavy atom. The monoisotopic (exact) mass is 498 g/mol. The number of hydrogen-bond donors (Lipinski definition) is 1. The van der Waals surface area contributed by atoms with E-state index in [-0.39, 0.29) is 18.3 Å². The average molecular weight is 499 g/mol. The lowest BCUT2D eigenvalue weighted by atomic mass is 10.1. The van der Waals surface area contributed by atoms with Crippen LogP contribution in [0.25, 0.3) is 26.5 Å². The largest absolute Gasteiger partial charge is 0.462 e. The first-order valence-corrected chi connectivity index (χ1v) is 12.7. The highest BCUT2D eigenvalue weighted by Crippen LogP contribution is 2.37. The third-order valence-electron chi connectivity index (χ3n) is 4.77. The first kappa shape index (κ1) is 21.7. The summed E-state index contributed by atoms with van der Waals surface area (Å²) < 4.78 is 14.0. The van der Waals surface area contributed by atoms with E-state index in [4.69, 9.17) is 9.15 Å². The van der Waals surface area contributed by atoms with Crippen molar-refractivity contribution in [2.75, 3.05) is 17.7 Å². The van der Waals surface area contributed by atoms with Crippen molar-refractivity contribution in [3.63, 3.8) is 0 Å². The molecule has 4 aromatic heterocycles. The van der Waals surface area contributed by atoms with E-state index in [2.05, 4.69) is 15.5 Å². The third-order valence-corrected chi connectivity index (χ3v) is 7.61. The summed E-state index contributed by atoms with van der Waals surface area (Å²) >= 11 is 4.10. The number of amides is 1. The van der Waals surface area contributed by atoms with E-state index >= 15 is 0 Å². The van der Waals surface area contributed by atoms with Gasteiger partial charge in [0.1, 0.15) is 22.1 Å². The van der Waals surface area contributed by atoms with Crippen LogP contribution >= 0.6 is 34.4 Å². The fraction of sp³-hybridized carbons (Fsp3) is 0.182. The van der Waals surface area contributed by atoms with Crippen molar-refractivity contribution < 1.29 is 18.7 Å². The van der Waals surface area contributed by atoms with Crippen LogP contribution in [0.3, 0.4) is 0 Å². The van der Waals surface area contributed by atoms with Crippen LogP contribution in [0.2, 0.25) is 0 Å². The number of furan rings is 1. The van der Waals surface area contributed by atoms with Gasteiger partial charge in [0.2, 0.25) is 10.9 Å². The quantitative estimate of drug-likeness (QED) is 0.234. The molecule has 0 fully saturated rings. The van der Waals surface area contributed by atoms with Crippen LogP contribution in [-0.2, 0) is 9.53 Å². The number of benzene rings is 1. The second kappa shape index (κ2) is 9.00. The van der Waals surface area contributed by atoms with Crippen LogP contribution in [0, 0.1) is 6.92 Å². The molecule has 0 saturated heterocycles.